The summed E-state index contributed by atoms with van der Waals surface area (Å²) in [5.41, 5.74) is 2.39. The van der Waals surface area contributed by atoms with E-state index >= 15 is 0 Å². The molecule has 0 amide bonds. The van der Waals surface area contributed by atoms with Crippen LogP contribution in [0.4, 0.5) is 10.5 Å². The van der Waals surface area contributed by atoms with Crippen molar-refractivity contribution >= 4 is 17.8 Å². The van der Waals surface area contributed by atoms with Crippen LogP contribution in [-0.4, -0.2) is 34.6 Å². The second-order valence-electron chi connectivity index (χ2n) is 5.27. The average Bonchev–Trinajstić information content (AvgIpc) is 2.48. The van der Waals surface area contributed by atoms with Crippen molar-refractivity contribution in [3.8, 4) is 0 Å². The molecular formula is C15H20N2O5. The average molecular weight is 308 g/mol. The molecule has 22 heavy (non-hydrogen) atoms. The third kappa shape index (κ3) is 3.88. The normalized spacial score (nSPS) is 16.7. The third-order valence-electron chi connectivity index (χ3n) is 3.72. The van der Waals surface area contributed by atoms with Gasteiger partial charge in [-0.05, 0) is 25.0 Å². The number of hydrazine groups is 1. The highest BCUT2D eigenvalue weighted by atomic mass is 16.7. The van der Waals surface area contributed by atoms with Crippen LogP contribution in [0.25, 0.3) is 0 Å². The summed E-state index contributed by atoms with van der Waals surface area (Å²) < 4.78 is 5.21. The van der Waals surface area contributed by atoms with Gasteiger partial charge in [0.15, 0.2) is 0 Å². The predicted octanol–water partition coefficient (Wildman–Crippen LogP) is 2.44. The summed E-state index contributed by atoms with van der Waals surface area (Å²) in [6.07, 6.45) is 2.32. The molecule has 1 aliphatic carbocycles. The molecule has 1 fully saturated rings. The minimum absolute atomic E-state index is 0.320. The second-order valence-corrected chi connectivity index (χ2v) is 5.27. The Morgan fingerprint density at radius 3 is 2.32 bits per heavy atom. The number of rotatable bonds is 6. The maximum atomic E-state index is 11.2. The molecule has 1 aliphatic rings. The molecule has 3 N–H and O–H groups in total. The van der Waals surface area contributed by atoms with Gasteiger partial charge >= 0.3 is 12.1 Å². The number of hydrogen-bond donors (Lipinski definition) is 3. The molecule has 1 saturated carbocycles. The zero-order valence-electron chi connectivity index (χ0n) is 12.2. The van der Waals surface area contributed by atoms with Gasteiger partial charge in [-0.3, -0.25) is 9.80 Å². The molecule has 1 aromatic rings. The summed E-state index contributed by atoms with van der Waals surface area (Å²) in [5, 5.41) is 19.6. The highest BCUT2D eigenvalue weighted by Crippen LogP contribution is 2.36. The van der Waals surface area contributed by atoms with E-state index in [0.717, 1.165) is 19.3 Å². The van der Waals surface area contributed by atoms with E-state index in [1.165, 1.54) is 0 Å². The monoisotopic (exact) mass is 308 g/mol. The fourth-order valence-electron chi connectivity index (χ4n) is 2.83. The molecule has 0 saturated heterocycles. The minimum Gasteiger partial charge on any atom is -0.480 e. The number of para-hydroxylation sites is 1. The molecular weight excluding hydrogens is 288 g/mol. The van der Waals surface area contributed by atoms with Crippen LogP contribution in [0, 0.1) is 0 Å². The van der Waals surface area contributed by atoms with Crippen molar-refractivity contribution in [2.45, 2.75) is 37.8 Å². The second kappa shape index (κ2) is 7.13. The van der Waals surface area contributed by atoms with Crippen LogP contribution < -0.4 is 10.4 Å². The first kappa shape index (κ1) is 16.1. The maximum Gasteiger partial charge on any atom is 0.507 e. The summed E-state index contributed by atoms with van der Waals surface area (Å²) in [4.78, 5) is 22.1. The molecule has 2 rings (SSSR count). The van der Waals surface area contributed by atoms with Crippen molar-refractivity contribution < 1.29 is 24.5 Å². The number of hydrogen-bond acceptors (Lipinski definition) is 5. The number of nitrogens with one attached hydrogen (secondary N) is 1. The van der Waals surface area contributed by atoms with Gasteiger partial charge in [-0.15, -0.1) is 0 Å². The molecule has 0 spiro atoms. The van der Waals surface area contributed by atoms with E-state index in [-0.39, 0.29) is 6.54 Å². The topological polar surface area (TPSA) is 99.1 Å². The Kier molecular flexibility index (Phi) is 5.21. The molecule has 0 radical (unpaired) electrons. The van der Waals surface area contributed by atoms with Gasteiger partial charge in [-0.1, -0.05) is 24.6 Å². The van der Waals surface area contributed by atoms with E-state index in [9.17, 15) is 9.59 Å². The van der Waals surface area contributed by atoms with Crippen molar-refractivity contribution in [3.05, 3.63) is 30.3 Å². The summed E-state index contributed by atoms with van der Waals surface area (Å²) in [6, 6.07) is 9.03. The van der Waals surface area contributed by atoms with Crippen molar-refractivity contribution in [2.75, 3.05) is 11.6 Å². The van der Waals surface area contributed by atoms with Gasteiger partial charge in [0.25, 0.3) is 0 Å². The molecule has 0 heterocycles. The van der Waals surface area contributed by atoms with Gasteiger partial charge in [0.2, 0.25) is 5.72 Å². The van der Waals surface area contributed by atoms with Crippen LogP contribution >= 0.6 is 0 Å². The van der Waals surface area contributed by atoms with E-state index in [4.69, 9.17) is 14.9 Å². The standard InChI is InChI=1S/C15H20N2O5/c18-13(19)11-16-17(12-7-3-1-4-8-12)15(22-14(20)21)9-5-2-6-10-15/h1,3-4,7-8,16H,2,5-6,9-11H2,(H,18,19)(H,20,21). The van der Waals surface area contributed by atoms with Crippen LogP contribution in [0.15, 0.2) is 30.3 Å². The van der Waals surface area contributed by atoms with Crippen molar-refractivity contribution in [1.82, 2.24) is 5.43 Å². The predicted molar refractivity (Wildman–Crippen MR) is 79.5 cm³/mol. The van der Waals surface area contributed by atoms with E-state index in [2.05, 4.69) is 5.43 Å². The number of benzene rings is 1. The summed E-state index contributed by atoms with van der Waals surface area (Å²) in [7, 11) is 0. The smallest absolute Gasteiger partial charge is 0.480 e. The summed E-state index contributed by atoms with van der Waals surface area (Å²) in [6.45, 7) is -0.320. The lowest BCUT2D eigenvalue weighted by Gasteiger charge is -2.45. The van der Waals surface area contributed by atoms with Crippen LogP contribution in [0.1, 0.15) is 32.1 Å². The number of carboxylic acids is 1. The summed E-state index contributed by atoms with van der Waals surface area (Å²) >= 11 is 0. The zero-order valence-corrected chi connectivity index (χ0v) is 12.2. The number of carboxylic acid groups (broad SMARTS) is 2. The van der Waals surface area contributed by atoms with Crippen molar-refractivity contribution in [1.29, 1.82) is 0 Å². The first-order chi connectivity index (χ1) is 10.5. The lowest BCUT2D eigenvalue weighted by atomic mass is 9.90. The molecule has 120 valence electrons. The number of nitrogens with zero attached hydrogens (tertiary/aromatic N) is 1. The number of anilines is 1. The first-order valence-corrected chi connectivity index (χ1v) is 7.26. The molecule has 1 aromatic carbocycles. The van der Waals surface area contributed by atoms with E-state index < -0.39 is 17.8 Å². The van der Waals surface area contributed by atoms with Crippen LogP contribution in [-0.2, 0) is 9.53 Å². The Bertz CT molecular complexity index is 514. The Labute approximate surface area is 128 Å². The molecule has 0 atom stereocenters. The van der Waals surface area contributed by atoms with Gasteiger partial charge in [-0.2, -0.15) is 0 Å². The number of aliphatic carboxylic acids is 1. The van der Waals surface area contributed by atoms with Crippen molar-refractivity contribution in [2.24, 2.45) is 0 Å². The summed E-state index contributed by atoms with van der Waals surface area (Å²) in [5.74, 6) is -1.03. The molecule has 0 aliphatic heterocycles. The molecule has 7 heteroatoms. The van der Waals surface area contributed by atoms with Crippen LogP contribution in [0.5, 0.6) is 0 Å². The van der Waals surface area contributed by atoms with E-state index in [1.54, 1.807) is 17.1 Å². The third-order valence-corrected chi connectivity index (χ3v) is 3.72. The Morgan fingerprint density at radius 1 is 1.14 bits per heavy atom. The van der Waals surface area contributed by atoms with E-state index in [1.807, 2.05) is 18.2 Å². The highest BCUT2D eigenvalue weighted by molar-refractivity contribution is 5.69. The zero-order chi connectivity index (χ0) is 16.0. The quantitative estimate of drug-likeness (QED) is 0.421. The van der Waals surface area contributed by atoms with Gasteiger partial charge in [0.05, 0.1) is 5.69 Å². The Morgan fingerprint density at radius 2 is 1.77 bits per heavy atom. The lowest BCUT2D eigenvalue weighted by Crippen LogP contribution is -2.60. The van der Waals surface area contributed by atoms with E-state index in [0.29, 0.717) is 18.5 Å². The number of ether oxygens (including phenoxy) is 1. The largest absolute Gasteiger partial charge is 0.507 e. The lowest BCUT2D eigenvalue weighted by molar-refractivity contribution is -0.136. The fourth-order valence-corrected chi connectivity index (χ4v) is 2.83. The van der Waals surface area contributed by atoms with Crippen LogP contribution in [0.3, 0.4) is 0 Å². The molecule has 0 unspecified atom stereocenters. The Balaban J connectivity index is 2.34. The first-order valence-electron chi connectivity index (χ1n) is 7.26. The molecule has 7 nitrogen and oxygen atoms in total. The van der Waals surface area contributed by atoms with Gasteiger partial charge in [0, 0.05) is 12.8 Å². The molecule has 0 bridgehead atoms. The van der Waals surface area contributed by atoms with Gasteiger partial charge < -0.3 is 14.9 Å². The highest BCUT2D eigenvalue weighted by Gasteiger charge is 2.42. The minimum atomic E-state index is -1.36. The maximum absolute atomic E-state index is 11.2. The fraction of sp³-hybridized carbons (Fsp3) is 0.467. The SMILES string of the molecule is O=C(O)CNN(c1ccccc1)C1(OC(=O)O)CCCCC1. The Hall–Kier alpha value is -2.28. The van der Waals surface area contributed by atoms with Crippen molar-refractivity contribution in [3.63, 3.8) is 0 Å². The number of carbonyl (C=O) groups is 2. The van der Waals surface area contributed by atoms with Crippen LogP contribution in [0.2, 0.25) is 0 Å². The van der Waals surface area contributed by atoms with Gasteiger partial charge in [0.1, 0.15) is 6.54 Å². The molecule has 0 aromatic heterocycles. The van der Waals surface area contributed by atoms with Gasteiger partial charge in [-0.25, -0.2) is 10.2 Å².